The van der Waals surface area contributed by atoms with Crippen LogP contribution in [0.4, 0.5) is 0 Å². The molecule has 1 rings (SSSR count). The van der Waals surface area contributed by atoms with Gasteiger partial charge in [0, 0.05) is 19.5 Å². The molecule has 0 N–H and O–H groups in total. The number of nitriles is 1. The van der Waals surface area contributed by atoms with Gasteiger partial charge in [-0.05, 0) is 23.6 Å². The van der Waals surface area contributed by atoms with E-state index in [-0.39, 0.29) is 28.3 Å². The Balaban J connectivity index is 3.19. The summed E-state index contributed by atoms with van der Waals surface area (Å²) in [5.41, 5.74) is -0.223. The van der Waals surface area contributed by atoms with Gasteiger partial charge in [0.1, 0.15) is 0 Å². The molecule has 0 aliphatic rings. The highest BCUT2D eigenvalue weighted by atomic mass is 35.5. The first-order chi connectivity index (χ1) is 9.58. The van der Waals surface area contributed by atoms with Crippen molar-refractivity contribution in [2.75, 3.05) is 13.1 Å². The third-order valence-electron chi connectivity index (χ3n) is 2.65. The van der Waals surface area contributed by atoms with Crippen molar-refractivity contribution >= 4 is 33.2 Å². The molecule has 0 unspecified atom stereocenters. The van der Waals surface area contributed by atoms with Gasteiger partial charge in [-0.15, -0.1) is 0 Å². The van der Waals surface area contributed by atoms with Gasteiger partial charge in [-0.3, -0.25) is 0 Å². The van der Waals surface area contributed by atoms with Crippen LogP contribution >= 0.6 is 23.2 Å². The van der Waals surface area contributed by atoms with Crippen LogP contribution in [-0.4, -0.2) is 25.8 Å². The van der Waals surface area contributed by atoms with Crippen LogP contribution in [-0.2, 0) is 10.0 Å². The summed E-state index contributed by atoms with van der Waals surface area (Å²) >= 11 is 11.7. The van der Waals surface area contributed by atoms with E-state index >= 15 is 0 Å². The van der Waals surface area contributed by atoms with Gasteiger partial charge in [0.15, 0.2) is 0 Å². The Bertz CT molecular complexity index is 646. The first-order valence-electron chi connectivity index (χ1n) is 6.40. The Morgan fingerprint density at radius 2 is 1.86 bits per heavy atom. The molecule has 21 heavy (non-hydrogen) atoms. The minimum atomic E-state index is -3.71. The molecule has 0 saturated heterocycles. The Morgan fingerprint density at radius 3 is 2.33 bits per heavy atom. The van der Waals surface area contributed by atoms with Crippen LogP contribution in [0.15, 0.2) is 23.1 Å². The zero-order chi connectivity index (χ0) is 16.3. The van der Waals surface area contributed by atoms with E-state index in [9.17, 15) is 8.42 Å². The van der Waals surface area contributed by atoms with Crippen LogP contribution < -0.4 is 0 Å². The monoisotopic (exact) mass is 348 g/mol. The highest BCUT2D eigenvalue weighted by Crippen LogP contribution is 2.28. The molecular formula is C14H18Cl2N2O2S. The molecule has 0 aliphatic heterocycles. The summed E-state index contributed by atoms with van der Waals surface area (Å²) in [6, 6.07) is 6.19. The van der Waals surface area contributed by atoms with E-state index in [0.717, 1.165) is 0 Å². The summed E-state index contributed by atoms with van der Waals surface area (Å²) in [5.74, 6) is 0. The van der Waals surface area contributed by atoms with E-state index in [0.29, 0.717) is 11.6 Å². The molecule has 7 heteroatoms. The van der Waals surface area contributed by atoms with Gasteiger partial charge in [-0.25, -0.2) is 8.42 Å². The molecule has 0 fully saturated rings. The average molecular weight is 349 g/mol. The molecule has 0 saturated carbocycles. The predicted octanol–water partition coefficient (Wildman–Crippen LogP) is 3.94. The molecular weight excluding hydrogens is 331 g/mol. The topological polar surface area (TPSA) is 61.2 Å². The molecule has 4 nitrogen and oxygen atoms in total. The Labute approximate surface area is 136 Å². The summed E-state index contributed by atoms with van der Waals surface area (Å²) in [5, 5.41) is 9.21. The fourth-order valence-corrected chi connectivity index (χ4v) is 3.83. The molecule has 116 valence electrons. The van der Waals surface area contributed by atoms with Crippen molar-refractivity contribution in [2.24, 2.45) is 5.41 Å². The SMILES string of the molecule is CC(C)(C)CN(CCC#N)S(=O)(=O)c1ccc(Cl)c(Cl)c1. The minimum absolute atomic E-state index is 0.0825. The second-order valence-electron chi connectivity index (χ2n) is 5.88. The fourth-order valence-electron chi connectivity index (χ4n) is 1.77. The van der Waals surface area contributed by atoms with E-state index in [4.69, 9.17) is 28.5 Å². The van der Waals surface area contributed by atoms with Crippen LogP contribution in [0.1, 0.15) is 27.2 Å². The van der Waals surface area contributed by atoms with Crippen molar-refractivity contribution in [1.29, 1.82) is 5.26 Å². The molecule has 0 radical (unpaired) electrons. The number of halogens is 2. The first-order valence-corrected chi connectivity index (χ1v) is 8.60. The van der Waals surface area contributed by atoms with Gasteiger partial charge in [0.2, 0.25) is 10.0 Å². The zero-order valence-corrected chi connectivity index (χ0v) is 14.6. The fraction of sp³-hybridized carbons (Fsp3) is 0.500. The van der Waals surface area contributed by atoms with Crippen LogP contribution in [0.5, 0.6) is 0 Å². The largest absolute Gasteiger partial charge is 0.243 e. The van der Waals surface area contributed by atoms with Crippen molar-refractivity contribution in [3.05, 3.63) is 28.2 Å². The molecule has 0 aromatic heterocycles. The number of hydrogen-bond acceptors (Lipinski definition) is 3. The van der Waals surface area contributed by atoms with Crippen LogP contribution in [0.2, 0.25) is 10.0 Å². The van der Waals surface area contributed by atoms with Gasteiger partial charge < -0.3 is 0 Å². The van der Waals surface area contributed by atoms with Crippen LogP contribution in [0.25, 0.3) is 0 Å². The number of rotatable bonds is 5. The van der Waals surface area contributed by atoms with Crippen molar-refractivity contribution in [2.45, 2.75) is 32.1 Å². The molecule has 1 aromatic rings. The van der Waals surface area contributed by atoms with Gasteiger partial charge in [-0.2, -0.15) is 9.57 Å². The Kier molecular flexibility index (Phi) is 6.06. The smallest absolute Gasteiger partial charge is 0.207 e. The number of hydrogen-bond donors (Lipinski definition) is 0. The van der Waals surface area contributed by atoms with Gasteiger partial charge in [0.05, 0.1) is 21.0 Å². The third-order valence-corrected chi connectivity index (χ3v) is 5.23. The molecule has 0 heterocycles. The Morgan fingerprint density at radius 1 is 1.24 bits per heavy atom. The van der Waals surface area contributed by atoms with E-state index in [2.05, 4.69) is 0 Å². The third kappa shape index (κ3) is 5.15. The van der Waals surface area contributed by atoms with Gasteiger partial charge in [0.25, 0.3) is 0 Å². The molecule has 0 bridgehead atoms. The first kappa shape index (κ1) is 18.2. The lowest BCUT2D eigenvalue weighted by Gasteiger charge is -2.28. The average Bonchev–Trinajstić information content (AvgIpc) is 2.36. The highest BCUT2D eigenvalue weighted by Gasteiger charge is 2.28. The maximum atomic E-state index is 12.7. The Hall–Kier alpha value is -0.800. The maximum Gasteiger partial charge on any atom is 0.243 e. The predicted molar refractivity (Wildman–Crippen MR) is 84.9 cm³/mol. The summed E-state index contributed by atoms with van der Waals surface area (Å²) in [7, 11) is -3.71. The number of nitrogens with zero attached hydrogens (tertiary/aromatic N) is 2. The lowest BCUT2D eigenvalue weighted by atomic mass is 9.97. The summed E-state index contributed by atoms with van der Waals surface area (Å²) in [4.78, 5) is 0.0825. The van der Waals surface area contributed by atoms with Crippen molar-refractivity contribution in [3.63, 3.8) is 0 Å². The van der Waals surface area contributed by atoms with Crippen LogP contribution in [0.3, 0.4) is 0 Å². The lowest BCUT2D eigenvalue weighted by molar-refractivity contribution is 0.285. The van der Waals surface area contributed by atoms with E-state index in [1.54, 1.807) is 0 Å². The van der Waals surface area contributed by atoms with Crippen molar-refractivity contribution in [1.82, 2.24) is 4.31 Å². The van der Waals surface area contributed by atoms with Crippen LogP contribution in [0, 0.1) is 16.7 Å². The van der Waals surface area contributed by atoms with E-state index in [1.165, 1.54) is 22.5 Å². The molecule has 1 aromatic carbocycles. The number of benzene rings is 1. The summed E-state index contributed by atoms with van der Waals surface area (Å²) < 4.78 is 26.7. The lowest BCUT2D eigenvalue weighted by Crippen LogP contribution is -2.38. The van der Waals surface area contributed by atoms with Gasteiger partial charge >= 0.3 is 0 Å². The minimum Gasteiger partial charge on any atom is -0.207 e. The van der Waals surface area contributed by atoms with Gasteiger partial charge in [-0.1, -0.05) is 44.0 Å². The molecule has 0 atom stereocenters. The number of sulfonamides is 1. The van der Waals surface area contributed by atoms with E-state index < -0.39 is 10.0 Å². The van der Waals surface area contributed by atoms with Crippen molar-refractivity contribution in [3.8, 4) is 6.07 Å². The quantitative estimate of drug-likeness (QED) is 0.809. The highest BCUT2D eigenvalue weighted by molar-refractivity contribution is 7.89. The molecule has 0 amide bonds. The summed E-state index contributed by atoms with van der Waals surface area (Å²) in [6.45, 7) is 6.29. The zero-order valence-electron chi connectivity index (χ0n) is 12.2. The normalized spacial score (nSPS) is 12.4. The standard InChI is InChI=1S/C14H18Cl2N2O2S/c1-14(2,3)10-18(8-4-7-17)21(19,20)11-5-6-12(15)13(16)9-11/h5-6,9H,4,8,10H2,1-3H3. The second-order valence-corrected chi connectivity index (χ2v) is 8.64. The van der Waals surface area contributed by atoms with E-state index in [1.807, 2.05) is 26.8 Å². The summed E-state index contributed by atoms with van der Waals surface area (Å²) in [6.07, 6.45) is 0.136. The molecule has 0 spiro atoms. The van der Waals surface area contributed by atoms with Crippen molar-refractivity contribution < 1.29 is 8.42 Å². The second kappa shape index (κ2) is 6.97. The molecule has 0 aliphatic carbocycles. The maximum absolute atomic E-state index is 12.7.